The van der Waals surface area contributed by atoms with Gasteiger partial charge in [-0.1, -0.05) is 43.3 Å². The van der Waals surface area contributed by atoms with Gasteiger partial charge in [-0.05, 0) is 36.6 Å². The molecule has 0 N–H and O–H groups in total. The van der Waals surface area contributed by atoms with Gasteiger partial charge in [0, 0.05) is 6.54 Å². The second-order valence-electron chi connectivity index (χ2n) is 5.33. The van der Waals surface area contributed by atoms with Crippen LogP contribution in [0.25, 0.3) is 11.0 Å². The average Bonchev–Trinajstić information content (AvgIpc) is 2.86. The van der Waals surface area contributed by atoms with Crippen molar-refractivity contribution in [1.82, 2.24) is 9.55 Å². The molecule has 0 spiro atoms. The molecule has 0 fully saturated rings. The summed E-state index contributed by atoms with van der Waals surface area (Å²) in [4.78, 5) is 4.75. The van der Waals surface area contributed by atoms with Crippen molar-refractivity contribution in [2.24, 2.45) is 0 Å². The minimum atomic E-state index is -0.105. The van der Waals surface area contributed by atoms with Gasteiger partial charge >= 0.3 is 0 Å². The summed E-state index contributed by atoms with van der Waals surface area (Å²) in [6.45, 7) is 4.94. The van der Waals surface area contributed by atoms with Crippen LogP contribution in [-0.2, 0) is 13.0 Å². The molecule has 21 heavy (non-hydrogen) atoms. The maximum absolute atomic E-state index is 6.34. The Morgan fingerprint density at radius 2 is 1.86 bits per heavy atom. The van der Waals surface area contributed by atoms with Gasteiger partial charge in [-0.2, -0.15) is 0 Å². The predicted molar refractivity (Wildman–Crippen MR) is 88.9 cm³/mol. The topological polar surface area (TPSA) is 17.8 Å². The van der Waals surface area contributed by atoms with Crippen molar-refractivity contribution < 1.29 is 0 Å². The number of rotatable bonds is 4. The third kappa shape index (κ3) is 2.81. The molecule has 1 heterocycles. The first kappa shape index (κ1) is 14.2. The van der Waals surface area contributed by atoms with Gasteiger partial charge in [0.1, 0.15) is 5.82 Å². The summed E-state index contributed by atoms with van der Waals surface area (Å²) in [5, 5.41) is -0.105. The highest BCUT2D eigenvalue weighted by Crippen LogP contribution is 2.26. The molecule has 2 aromatic carbocycles. The second kappa shape index (κ2) is 5.90. The third-order valence-electron chi connectivity index (χ3n) is 3.79. The Balaban J connectivity index is 2.12. The highest BCUT2D eigenvalue weighted by molar-refractivity contribution is 6.20. The molecule has 0 saturated heterocycles. The number of halogens is 1. The van der Waals surface area contributed by atoms with Crippen LogP contribution in [-0.4, -0.2) is 9.55 Å². The van der Waals surface area contributed by atoms with Crippen LogP contribution in [0, 0.1) is 0 Å². The fraction of sp³-hybridized carbons (Fsp3) is 0.278. The van der Waals surface area contributed by atoms with Crippen LogP contribution in [0.1, 0.15) is 36.2 Å². The van der Waals surface area contributed by atoms with Gasteiger partial charge in [-0.25, -0.2) is 4.98 Å². The molecular weight excluding hydrogens is 280 g/mol. The van der Waals surface area contributed by atoms with Gasteiger partial charge < -0.3 is 4.57 Å². The molecule has 0 saturated carbocycles. The zero-order valence-corrected chi connectivity index (χ0v) is 13.1. The highest BCUT2D eigenvalue weighted by Gasteiger charge is 2.15. The number of benzene rings is 2. The van der Waals surface area contributed by atoms with Crippen LogP contribution in [0.3, 0.4) is 0 Å². The average molecular weight is 299 g/mol. The van der Waals surface area contributed by atoms with E-state index < -0.39 is 0 Å². The minimum absolute atomic E-state index is 0.105. The second-order valence-corrected chi connectivity index (χ2v) is 5.99. The molecule has 0 aliphatic heterocycles. The lowest BCUT2D eigenvalue weighted by Crippen LogP contribution is -2.05. The van der Waals surface area contributed by atoms with Crippen LogP contribution in [0.5, 0.6) is 0 Å². The molecule has 3 heteroatoms. The SMILES string of the molecule is CCc1ccc2c(c1)nc(C(C)Cl)n2Cc1ccccc1. The summed E-state index contributed by atoms with van der Waals surface area (Å²) in [5.41, 5.74) is 4.75. The molecule has 0 amide bonds. The number of alkyl halides is 1. The number of aromatic nitrogens is 2. The van der Waals surface area contributed by atoms with Crippen LogP contribution in [0.15, 0.2) is 48.5 Å². The fourth-order valence-corrected chi connectivity index (χ4v) is 2.82. The molecule has 108 valence electrons. The van der Waals surface area contributed by atoms with Gasteiger partial charge in [0.05, 0.1) is 16.4 Å². The summed E-state index contributed by atoms with van der Waals surface area (Å²) in [6.07, 6.45) is 1.02. The molecule has 1 unspecified atom stereocenters. The predicted octanol–water partition coefficient (Wildman–Crippen LogP) is 4.95. The third-order valence-corrected chi connectivity index (χ3v) is 3.98. The van der Waals surface area contributed by atoms with E-state index in [2.05, 4.69) is 54.0 Å². The lowest BCUT2D eigenvalue weighted by molar-refractivity contribution is 0.742. The van der Waals surface area contributed by atoms with Crippen molar-refractivity contribution in [2.45, 2.75) is 32.2 Å². The Morgan fingerprint density at radius 3 is 2.52 bits per heavy atom. The quantitative estimate of drug-likeness (QED) is 0.623. The van der Waals surface area contributed by atoms with E-state index in [-0.39, 0.29) is 5.38 Å². The maximum Gasteiger partial charge on any atom is 0.128 e. The first-order chi connectivity index (χ1) is 10.2. The summed E-state index contributed by atoms with van der Waals surface area (Å²) in [5.74, 6) is 0.934. The van der Waals surface area contributed by atoms with Crippen LogP contribution >= 0.6 is 11.6 Å². The number of imidazole rings is 1. The largest absolute Gasteiger partial charge is 0.322 e. The first-order valence-corrected chi connectivity index (χ1v) is 7.79. The Hall–Kier alpha value is -1.80. The highest BCUT2D eigenvalue weighted by atomic mass is 35.5. The summed E-state index contributed by atoms with van der Waals surface area (Å²) in [6, 6.07) is 16.9. The maximum atomic E-state index is 6.34. The lowest BCUT2D eigenvalue weighted by atomic mass is 10.1. The lowest BCUT2D eigenvalue weighted by Gasteiger charge is -2.10. The smallest absolute Gasteiger partial charge is 0.128 e. The van der Waals surface area contributed by atoms with E-state index in [1.54, 1.807) is 0 Å². The van der Waals surface area contributed by atoms with E-state index in [1.165, 1.54) is 11.1 Å². The van der Waals surface area contributed by atoms with Crippen LogP contribution in [0.2, 0.25) is 0 Å². The van der Waals surface area contributed by atoms with Crippen molar-refractivity contribution in [3.63, 3.8) is 0 Å². The Morgan fingerprint density at radius 1 is 1.10 bits per heavy atom. The normalized spacial score (nSPS) is 12.7. The van der Waals surface area contributed by atoms with Gasteiger partial charge in [0.15, 0.2) is 0 Å². The van der Waals surface area contributed by atoms with Gasteiger partial charge in [-0.15, -0.1) is 11.6 Å². The van der Waals surface area contributed by atoms with E-state index >= 15 is 0 Å². The van der Waals surface area contributed by atoms with Crippen LogP contribution in [0.4, 0.5) is 0 Å². The molecule has 3 aromatic rings. The molecular formula is C18H19ClN2. The van der Waals surface area contributed by atoms with Crippen molar-refractivity contribution in [2.75, 3.05) is 0 Å². The Labute approximate surface area is 130 Å². The monoisotopic (exact) mass is 298 g/mol. The van der Waals surface area contributed by atoms with Crippen molar-refractivity contribution in [1.29, 1.82) is 0 Å². The summed E-state index contributed by atoms with van der Waals surface area (Å²) >= 11 is 6.34. The van der Waals surface area contributed by atoms with E-state index in [0.29, 0.717) is 0 Å². The summed E-state index contributed by atoms with van der Waals surface area (Å²) in [7, 11) is 0. The van der Waals surface area contributed by atoms with E-state index in [0.717, 1.165) is 29.8 Å². The van der Waals surface area contributed by atoms with Crippen LogP contribution < -0.4 is 0 Å². The summed E-state index contributed by atoms with van der Waals surface area (Å²) < 4.78 is 2.22. The molecule has 3 rings (SSSR count). The number of nitrogens with zero attached hydrogens (tertiary/aromatic N) is 2. The molecule has 0 aliphatic rings. The van der Waals surface area contributed by atoms with Gasteiger partial charge in [-0.3, -0.25) is 0 Å². The van der Waals surface area contributed by atoms with E-state index in [9.17, 15) is 0 Å². The minimum Gasteiger partial charge on any atom is -0.322 e. The Bertz CT molecular complexity index is 745. The van der Waals surface area contributed by atoms with E-state index in [4.69, 9.17) is 16.6 Å². The number of hydrogen-bond donors (Lipinski definition) is 0. The molecule has 1 atom stereocenters. The zero-order chi connectivity index (χ0) is 14.8. The molecule has 2 nitrogen and oxygen atoms in total. The molecule has 0 aliphatic carbocycles. The fourth-order valence-electron chi connectivity index (χ4n) is 2.65. The molecule has 0 radical (unpaired) electrons. The number of fused-ring (bicyclic) bond motifs is 1. The standard InChI is InChI=1S/C18H19ClN2/c1-3-14-9-10-17-16(11-14)20-18(13(2)19)21(17)12-15-7-5-4-6-8-15/h4-11,13H,3,12H2,1-2H3. The van der Waals surface area contributed by atoms with Crippen molar-refractivity contribution in [3.05, 3.63) is 65.5 Å². The van der Waals surface area contributed by atoms with Crippen molar-refractivity contribution >= 4 is 22.6 Å². The number of aryl methyl sites for hydroxylation is 1. The van der Waals surface area contributed by atoms with Gasteiger partial charge in [0.25, 0.3) is 0 Å². The molecule has 0 bridgehead atoms. The van der Waals surface area contributed by atoms with E-state index in [1.807, 2.05) is 13.0 Å². The Kier molecular flexibility index (Phi) is 3.98. The van der Waals surface area contributed by atoms with Crippen molar-refractivity contribution in [3.8, 4) is 0 Å². The molecule has 1 aromatic heterocycles. The number of hydrogen-bond acceptors (Lipinski definition) is 1. The zero-order valence-electron chi connectivity index (χ0n) is 12.4. The van der Waals surface area contributed by atoms with Gasteiger partial charge in [0.2, 0.25) is 0 Å². The first-order valence-electron chi connectivity index (χ1n) is 7.36.